The van der Waals surface area contributed by atoms with Crippen LogP contribution in [0.1, 0.15) is 25.8 Å². The second-order valence-corrected chi connectivity index (χ2v) is 6.97. The van der Waals surface area contributed by atoms with Crippen LogP contribution in [-0.2, 0) is 15.1 Å². The number of ether oxygens (including phenoxy) is 2. The fraction of sp³-hybridized carbons (Fsp3) is 0.529. The van der Waals surface area contributed by atoms with Crippen molar-refractivity contribution in [2.75, 3.05) is 19.9 Å². The molecule has 3 rings (SSSR count). The lowest BCUT2D eigenvalue weighted by atomic mass is 9.92. The van der Waals surface area contributed by atoms with Crippen LogP contribution >= 0.6 is 0 Å². The highest BCUT2D eigenvalue weighted by Gasteiger charge is 2.41. The lowest BCUT2D eigenvalue weighted by Gasteiger charge is -2.28. The number of amides is 2. The maximum Gasteiger partial charge on any atom is 0.406 e. The van der Waals surface area contributed by atoms with Gasteiger partial charge in [0, 0.05) is 13.0 Å². The molecular formula is C17H19F3N2O4. The van der Waals surface area contributed by atoms with E-state index in [1.54, 1.807) is 32.0 Å². The molecule has 0 spiro atoms. The molecule has 1 aromatic rings. The molecule has 1 atom stereocenters. The van der Waals surface area contributed by atoms with Gasteiger partial charge < -0.3 is 19.7 Å². The van der Waals surface area contributed by atoms with Gasteiger partial charge in [0.1, 0.15) is 6.54 Å². The molecule has 142 valence electrons. The number of carbonyl (C=O) groups is 2. The summed E-state index contributed by atoms with van der Waals surface area (Å²) in [6.07, 6.45) is -4.70. The Hall–Kier alpha value is -2.45. The van der Waals surface area contributed by atoms with Crippen molar-refractivity contribution in [3.05, 3.63) is 23.8 Å². The van der Waals surface area contributed by atoms with E-state index in [2.05, 4.69) is 5.32 Å². The van der Waals surface area contributed by atoms with Crippen molar-refractivity contribution in [1.29, 1.82) is 0 Å². The average Bonchev–Trinajstić information content (AvgIpc) is 3.11. The molecule has 9 heteroatoms. The molecule has 2 amide bonds. The van der Waals surface area contributed by atoms with Crippen LogP contribution in [0.25, 0.3) is 0 Å². The summed E-state index contributed by atoms with van der Waals surface area (Å²) in [7, 11) is 0. The molecule has 1 saturated heterocycles. The quantitative estimate of drug-likeness (QED) is 0.880. The molecular weight excluding hydrogens is 353 g/mol. The van der Waals surface area contributed by atoms with Crippen LogP contribution in [0.15, 0.2) is 18.2 Å². The molecule has 0 aliphatic carbocycles. The summed E-state index contributed by atoms with van der Waals surface area (Å²) in [5, 5.41) is 2.81. The van der Waals surface area contributed by atoms with Gasteiger partial charge in [-0.1, -0.05) is 6.07 Å². The van der Waals surface area contributed by atoms with Gasteiger partial charge in [-0.05, 0) is 31.5 Å². The standard InChI is InChI=1S/C17H19F3N2O4/c1-16(2,11-3-4-12-13(6-11)26-9-25-12)21-15(24)10-5-14(23)22(7-10)8-17(18,19)20/h3-4,6,10H,5,7-9H2,1-2H3,(H,21,24)/t10-/m0/s1. The summed E-state index contributed by atoms with van der Waals surface area (Å²) in [6.45, 7) is 2.10. The number of fused-ring (bicyclic) bond motifs is 1. The van der Waals surface area contributed by atoms with Gasteiger partial charge in [-0.25, -0.2) is 0 Å². The highest BCUT2D eigenvalue weighted by Crippen LogP contribution is 2.36. The number of rotatable bonds is 4. The van der Waals surface area contributed by atoms with Crippen LogP contribution in [0.2, 0.25) is 0 Å². The number of alkyl halides is 3. The van der Waals surface area contributed by atoms with Crippen LogP contribution in [0.5, 0.6) is 11.5 Å². The first-order valence-corrected chi connectivity index (χ1v) is 8.12. The molecule has 0 unspecified atom stereocenters. The van der Waals surface area contributed by atoms with Crippen molar-refractivity contribution >= 4 is 11.8 Å². The van der Waals surface area contributed by atoms with E-state index in [1.807, 2.05) is 0 Å². The normalized spacial score (nSPS) is 19.8. The Bertz CT molecular complexity index is 733. The van der Waals surface area contributed by atoms with E-state index in [9.17, 15) is 22.8 Å². The van der Waals surface area contributed by atoms with Gasteiger partial charge in [-0.15, -0.1) is 0 Å². The van der Waals surface area contributed by atoms with E-state index >= 15 is 0 Å². The second-order valence-electron chi connectivity index (χ2n) is 6.97. The number of nitrogens with zero attached hydrogens (tertiary/aromatic N) is 1. The van der Waals surface area contributed by atoms with Gasteiger partial charge in [-0.2, -0.15) is 13.2 Å². The summed E-state index contributed by atoms with van der Waals surface area (Å²) in [5.74, 6) is -0.746. The van der Waals surface area contributed by atoms with Gasteiger partial charge in [0.05, 0.1) is 11.5 Å². The largest absolute Gasteiger partial charge is 0.454 e. The van der Waals surface area contributed by atoms with E-state index in [0.29, 0.717) is 16.4 Å². The minimum absolute atomic E-state index is 0.130. The SMILES string of the molecule is CC(C)(NC(=O)[C@H]1CC(=O)N(CC(F)(F)F)C1)c1ccc2c(c1)OCO2. The molecule has 0 radical (unpaired) electrons. The minimum atomic E-state index is -4.48. The lowest BCUT2D eigenvalue weighted by Crippen LogP contribution is -2.45. The van der Waals surface area contributed by atoms with Crippen LogP contribution in [0.3, 0.4) is 0 Å². The summed E-state index contributed by atoms with van der Waals surface area (Å²) < 4.78 is 48.1. The van der Waals surface area contributed by atoms with Crippen molar-refractivity contribution in [2.45, 2.75) is 32.0 Å². The van der Waals surface area contributed by atoms with Crippen molar-refractivity contribution in [1.82, 2.24) is 10.2 Å². The van der Waals surface area contributed by atoms with Crippen molar-refractivity contribution in [3.8, 4) is 11.5 Å². The molecule has 0 bridgehead atoms. The molecule has 0 aromatic heterocycles. The Morgan fingerprint density at radius 2 is 1.96 bits per heavy atom. The summed E-state index contributed by atoms with van der Waals surface area (Å²) >= 11 is 0. The zero-order chi connectivity index (χ0) is 19.1. The van der Waals surface area contributed by atoms with Crippen molar-refractivity contribution < 1.29 is 32.2 Å². The van der Waals surface area contributed by atoms with Crippen molar-refractivity contribution in [2.24, 2.45) is 5.92 Å². The molecule has 2 aliphatic heterocycles. The topological polar surface area (TPSA) is 67.9 Å². The van der Waals surface area contributed by atoms with Crippen LogP contribution in [0, 0.1) is 5.92 Å². The van der Waals surface area contributed by atoms with Gasteiger partial charge in [0.25, 0.3) is 0 Å². The fourth-order valence-corrected chi connectivity index (χ4v) is 3.08. The average molecular weight is 372 g/mol. The number of hydrogen-bond donors (Lipinski definition) is 1. The highest BCUT2D eigenvalue weighted by molar-refractivity contribution is 5.89. The second kappa shape index (κ2) is 6.37. The third-order valence-electron chi connectivity index (χ3n) is 4.49. The van der Waals surface area contributed by atoms with Crippen LogP contribution in [0.4, 0.5) is 13.2 Å². The van der Waals surface area contributed by atoms with Crippen LogP contribution in [-0.4, -0.2) is 42.8 Å². The molecule has 1 N–H and O–H groups in total. The summed E-state index contributed by atoms with van der Waals surface area (Å²) in [4.78, 5) is 24.9. The first kappa shape index (κ1) is 18.3. The van der Waals surface area contributed by atoms with Gasteiger partial charge in [0.2, 0.25) is 18.6 Å². The number of benzene rings is 1. The van der Waals surface area contributed by atoms with E-state index in [-0.39, 0.29) is 19.8 Å². The smallest absolute Gasteiger partial charge is 0.406 e. The van der Waals surface area contributed by atoms with Crippen LogP contribution < -0.4 is 14.8 Å². The maximum absolute atomic E-state index is 12.5. The summed E-state index contributed by atoms with van der Waals surface area (Å²) in [5.41, 5.74) is -0.0370. The Balaban J connectivity index is 1.66. The van der Waals surface area contributed by atoms with Gasteiger partial charge in [0.15, 0.2) is 11.5 Å². The first-order valence-electron chi connectivity index (χ1n) is 8.12. The van der Waals surface area contributed by atoms with E-state index < -0.39 is 36.0 Å². The number of halogens is 3. The maximum atomic E-state index is 12.5. The Morgan fingerprint density at radius 1 is 1.27 bits per heavy atom. The van der Waals surface area contributed by atoms with Crippen molar-refractivity contribution in [3.63, 3.8) is 0 Å². The third-order valence-corrected chi connectivity index (χ3v) is 4.49. The lowest BCUT2D eigenvalue weighted by molar-refractivity contribution is -0.157. The van der Waals surface area contributed by atoms with E-state index in [1.165, 1.54) is 0 Å². The molecule has 2 aliphatic rings. The molecule has 1 aromatic carbocycles. The Kier molecular flexibility index (Phi) is 4.49. The number of hydrogen-bond acceptors (Lipinski definition) is 4. The molecule has 2 heterocycles. The predicted molar refractivity (Wildman–Crippen MR) is 84.5 cm³/mol. The minimum Gasteiger partial charge on any atom is -0.454 e. The van der Waals surface area contributed by atoms with Gasteiger partial charge >= 0.3 is 6.18 Å². The molecule has 0 saturated carbocycles. The Morgan fingerprint density at radius 3 is 2.65 bits per heavy atom. The van der Waals surface area contributed by atoms with Gasteiger partial charge in [-0.3, -0.25) is 9.59 Å². The van der Waals surface area contributed by atoms with E-state index in [4.69, 9.17) is 9.47 Å². The predicted octanol–water partition coefficient (Wildman–Crippen LogP) is 2.18. The third kappa shape index (κ3) is 3.86. The summed E-state index contributed by atoms with van der Waals surface area (Å²) in [6, 6.07) is 5.26. The number of nitrogens with one attached hydrogen (secondary N) is 1. The zero-order valence-corrected chi connectivity index (χ0v) is 14.4. The van der Waals surface area contributed by atoms with E-state index in [0.717, 1.165) is 5.56 Å². The fourth-order valence-electron chi connectivity index (χ4n) is 3.08. The first-order chi connectivity index (χ1) is 12.0. The molecule has 26 heavy (non-hydrogen) atoms. The molecule has 1 fully saturated rings. The highest BCUT2D eigenvalue weighted by atomic mass is 19.4. The zero-order valence-electron chi connectivity index (χ0n) is 14.4. The Labute approximate surface area is 148 Å². The monoisotopic (exact) mass is 372 g/mol. The molecule has 6 nitrogen and oxygen atoms in total. The number of carbonyl (C=O) groups excluding carboxylic acids is 2. The number of likely N-dealkylation sites (tertiary alicyclic amines) is 1.